The first kappa shape index (κ1) is 23.3. The van der Waals surface area contributed by atoms with Crippen LogP contribution in [0.5, 0.6) is 0 Å². The number of likely N-dealkylation sites (tertiary alicyclic amines) is 1. The van der Waals surface area contributed by atoms with Crippen molar-refractivity contribution < 1.29 is 4.79 Å². The van der Waals surface area contributed by atoms with E-state index in [2.05, 4.69) is 32.2 Å². The van der Waals surface area contributed by atoms with Gasteiger partial charge < -0.3 is 14.8 Å². The van der Waals surface area contributed by atoms with E-state index in [1.54, 1.807) is 6.07 Å². The number of hydrogen-bond donors (Lipinski definition) is 1. The Bertz CT molecular complexity index is 1280. The third-order valence-electron chi connectivity index (χ3n) is 6.43. The molecular formula is C26H24BrN3O2S2. The molecule has 1 N–H and O–H groups in total. The number of aromatic nitrogens is 1. The normalized spacial score (nSPS) is 19.7. The number of hydrogen-bond acceptors (Lipinski definition) is 4. The molecule has 2 bridgehead atoms. The van der Waals surface area contributed by atoms with E-state index in [1.807, 2.05) is 65.2 Å². The van der Waals surface area contributed by atoms with Crippen molar-refractivity contribution in [1.29, 1.82) is 0 Å². The van der Waals surface area contributed by atoms with Gasteiger partial charge in [-0.15, -0.1) is 0 Å². The van der Waals surface area contributed by atoms with Gasteiger partial charge in [0.15, 0.2) is 0 Å². The number of amides is 1. The van der Waals surface area contributed by atoms with E-state index >= 15 is 0 Å². The molecule has 0 aliphatic carbocycles. The number of carbonyl (C=O) groups is 1. The lowest BCUT2D eigenvalue weighted by Crippen LogP contribution is -2.48. The lowest BCUT2D eigenvalue weighted by Gasteiger charge is -2.43. The van der Waals surface area contributed by atoms with E-state index in [0.29, 0.717) is 5.92 Å². The van der Waals surface area contributed by atoms with Gasteiger partial charge in [-0.1, -0.05) is 72.5 Å². The summed E-state index contributed by atoms with van der Waals surface area (Å²) in [4.78, 5) is 28.0. The predicted octanol–water partition coefficient (Wildman–Crippen LogP) is 5.43. The number of nitrogens with zero attached hydrogens (tertiary/aromatic N) is 2. The highest BCUT2D eigenvalue weighted by atomic mass is 79.9. The fourth-order valence-corrected chi connectivity index (χ4v) is 6.66. The number of fused-ring (bicyclic) bond motifs is 4. The molecule has 8 heteroatoms. The van der Waals surface area contributed by atoms with Crippen molar-refractivity contribution in [3.05, 3.63) is 98.9 Å². The molecular weight excluding hydrogens is 530 g/mol. The molecule has 2 aliphatic rings. The SMILES string of the molecule is O=C(Nc1ccccc1Br)[C@H](SC(=S)N1C[C@H]2C[C@@H](C1)c1cccc(=O)n1C2)c1ccccc1. The number of thioether (sulfide) groups is 1. The fourth-order valence-electron chi connectivity index (χ4n) is 4.88. The third-order valence-corrected chi connectivity index (χ3v) is 8.85. The first-order chi connectivity index (χ1) is 16.5. The zero-order chi connectivity index (χ0) is 23.7. The molecule has 1 amide bonds. The van der Waals surface area contributed by atoms with Gasteiger partial charge in [0.1, 0.15) is 9.57 Å². The zero-order valence-corrected chi connectivity index (χ0v) is 21.6. The fraction of sp³-hybridized carbons (Fsp3) is 0.269. The Morgan fingerprint density at radius 2 is 1.76 bits per heavy atom. The van der Waals surface area contributed by atoms with Crippen LogP contribution >= 0.6 is 39.9 Å². The molecule has 0 saturated carbocycles. The van der Waals surface area contributed by atoms with Gasteiger partial charge in [0.25, 0.3) is 5.56 Å². The molecule has 3 atom stereocenters. The number of piperidine rings is 1. The average molecular weight is 555 g/mol. The minimum Gasteiger partial charge on any atom is -0.356 e. The molecule has 5 rings (SSSR count). The van der Waals surface area contributed by atoms with Crippen LogP contribution < -0.4 is 10.9 Å². The van der Waals surface area contributed by atoms with Crippen LogP contribution in [0, 0.1) is 5.92 Å². The standard InChI is InChI=1S/C26H24BrN3O2S2/c27-20-9-4-5-10-21(20)28-25(32)24(18-7-2-1-3-8-18)34-26(33)29-14-17-13-19(16-29)22-11-6-12-23(31)30(22)15-17/h1-12,17,19,24H,13-16H2,(H,28,32)/t17-,19+,24-/m1/s1. The first-order valence-electron chi connectivity index (χ1n) is 11.3. The van der Waals surface area contributed by atoms with Gasteiger partial charge in [-0.2, -0.15) is 0 Å². The molecule has 174 valence electrons. The Morgan fingerprint density at radius 1 is 1.00 bits per heavy atom. The number of anilines is 1. The lowest BCUT2D eigenvalue weighted by molar-refractivity contribution is -0.115. The number of carbonyl (C=O) groups excluding carboxylic acids is 1. The summed E-state index contributed by atoms with van der Waals surface area (Å²) in [5.74, 6) is 0.526. The Morgan fingerprint density at radius 3 is 2.56 bits per heavy atom. The van der Waals surface area contributed by atoms with Crippen LogP contribution in [-0.4, -0.2) is 32.8 Å². The van der Waals surface area contributed by atoms with Gasteiger partial charge in [0, 0.05) is 41.8 Å². The largest absolute Gasteiger partial charge is 0.356 e. The summed E-state index contributed by atoms with van der Waals surface area (Å²) in [6.45, 7) is 2.29. The summed E-state index contributed by atoms with van der Waals surface area (Å²) in [6.07, 6.45) is 1.07. The van der Waals surface area contributed by atoms with E-state index < -0.39 is 5.25 Å². The third kappa shape index (κ3) is 4.85. The molecule has 0 radical (unpaired) electrons. The lowest BCUT2D eigenvalue weighted by atomic mass is 9.83. The topological polar surface area (TPSA) is 54.3 Å². The Labute approximate surface area is 216 Å². The molecule has 5 nitrogen and oxygen atoms in total. The van der Waals surface area contributed by atoms with Crippen LogP contribution in [0.3, 0.4) is 0 Å². The number of para-hydroxylation sites is 1. The first-order valence-corrected chi connectivity index (χ1v) is 13.3. The van der Waals surface area contributed by atoms with Crippen LogP contribution in [0.25, 0.3) is 0 Å². The Hall–Kier alpha value is -2.42. The highest BCUT2D eigenvalue weighted by Gasteiger charge is 2.36. The molecule has 1 aromatic heterocycles. The minimum atomic E-state index is -0.475. The van der Waals surface area contributed by atoms with Crippen LogP contribution in [0.15, 0.2) is 82.1 Å². The van der Waals surface area contributed by atoms with Crippen molar-refractivity contribution in [2.75, 3.05) is 18.4 Å². The van der Waals surface area contributed by atoms with Crippen molar-refractivity contribution in [2.24, 2.45) is 5.92 Å². The van der Waals surface area contributed by atoms with Crippen molar-refractivity contribution in [2.45, 2.75) is 24.1 Å². The molecule has 2 aliphatic heterocycles. The van der Waals surface area contributed by atoms with Gasteiger partial charge >= 0.3 is 0 Å². The van der Waals surface area contributed by atoms with Gasteiger partial charge in [-0.25, -0.2) is 0 Å². The van der Waals surface area contributed by atoms with Crippen LogP contribution in [0.2, 0.25) is 0 Å². The van der Waals surface area contributed by atoms with Crippen molar-refractivity contribution in [3.63, 3.8) is 0 Å². The minimum absolute atomic E-state index is 0.0745. The summed E-state index contributed by atoms with van der Waals surface area (Å²) in [6, 6.07) is 22.9. The summed E-state index contributed by atoms with van der Waals surface area (Å²) in [5, 5.41) is 2.58. The monoisotopic (exact) mass is 553 g/mol. The van der Waals surface area contributed by atoms with Crippen molar-refractivity contribution in [3.8, 4) is 0 Å². The maximum Gasteiger partial charge on any atom is 0.250 e. The molecule has 2 aromatic carbocycles. The number of rotatable bonds is 4. The molecule has 34 heavy (non-hydrogen) atoms. The van der Waals surface area contributed by atoms with Crippen LogP contribution in [0.1, 0.15) is 28.8 Å². The van der Waals surface area contributed by atoms with Gasteiger partial charge in [-0.3, -0.25) is 9.59 Å². The van der Waals surface area contributed by atoms with E-state index in [9.17, 15) is 9.59 Å². The van der Waals surface area contributed by atoms with Crippen molar-refractivity contribution >= 4 is 55.8 Å². The Kier molecular flexibility index (Phi) is 6.90. The quantitative estimate of drug-likeness (QED) is 0.436. The summed E-state index contributed by atoms with van der Waals surface area (Å²) >= 11 is 10.8. The summed E-state index contributed by atoms with van der Waals surface area (Å²) in [7, 11) is 0. The summed E-state index contributed by atoms with van der Waals surface area (Å²) < 4.78 is 3.47. The highest BCUT2D eigenvalue weighted by molar-refractivity contribution is 9.10. The van der Waals surface area contributed by atoms with E-state index in [-0.39, 0.29) is 17.4 Å². The zero-order valence-electron chi connectivity index (χ0n) is 18.4. The molecule has 1 fully saturated rings. The van der Waals surface area contributed by atoms with E-state index in [0.717, 1.165) is 51.8 Å². The molecule has 3 aromatic rings. The molecule has 0 unspecified atom stereocenters. The number of nitrogens with one attached hydrogen (secondary N) is 1. The van der Waals surface area contributed by atoms with E-state index in [4.69, 9.17) is 12.2 Å². The maximum absolute atomic E-state index is 13.4. The van der Waals surface area contributed by atoms with Crippen LogP contribution in [-0.2, 0) is 11.3 Å². The number of halogens is 1. The van der Waals surface area contributed by atoms with Crippen LogP contribution in [0.4, 0.5) is 5.69 Å². The molecule has 1 saturated heterocycles. The smallest absolute Gasteiger partial charge is 0.250 e. The molecule has 3 heterocycles. The number of thiocarbonyl (C=S) groups is 1. The number of pyridine rings is 1. The maximum atomic E-state index is 13.4. The number of benzene rings is 2. The second-order valence-corrected chi connectivity index (χ2v) is 11.3. The average Bonchev–Trinajstić information content (AvgIpc) is 2.85. The second kappa shape index (κ2) is 10.1. The summed E-state index contributed by atoms with van der Waals surface area (Å²) in [5.41, 5.74) is 2.81. The van der Waals surface area contributed by atoms with Gasteiger partial charge in [0.2, 0.25) is 5.91 Å². The predicted molar refractivity (Wildman–Crippen MR) is 145 cm³/mol. The second-order valence-electron chi connectivity index (χ2n) is 8.75. The van der Waals surface area contributed by atoms with Gasteiger partial charge in [-0.05, 0) is 52.0 Å². The van der Waals surface area contributed by atoms with E-state index in [1.165, 1.54) is 11.8 Å². The van der Waals surface area contributed by atoms with Crippen molar-refractivity contribution in [1.82, 2.24) is 9.47 Å². The highest BCUT2D eigenvalue weighted by Crippen LogP contribution is 2.39. The van der Waals surface area contributed by atoms with Gasteiger partial charge in [0.05, 0.1) is 5.69 Å². The Balaban J connectivity index is 1.36. The molecule has 0 spiro atoms.